The summed E-state index contributed by atoms with van der Waals surface area (Å²) in [6.07, 6.45) is 4.70. The lowest BCUT2D eigenvalue weighted by atomic mass is 9.92. The molecule has 1 aromatic heterocycles. The van der Waals surface area contributed by atoms with Crippen molar-refractivity contribution in [1.82, 2.24) is 4.57 Å². The van der Waals surface area contributed by atoms with E-state index in [1.54, 1.807) is 12.1 Å². The van der Waals surface area contributed by atoms with Crippen LogP contribution in [-0.4, -0.2) is 30.3 Å². The number of benzene rings is 2. The maximum atomic E-state index is 9.93. The fraction of sp³-hybridized carbons (Fsp3) is 0.360. The number of fused-ring (bicyclic) bond motifs is 1. The molecule has 0 bridgehead atoms. The fourth-order valence-electron chi connectivity index (χ4n) is 3.51. The molecule has 0 atom stereocenters. The van der Waals surface area contributed by atoms with Crippen LogP contribution in [0.4, 0.5) is 5.69 Å². The number of nitrogens with one attached hydrogen (secondary N) is 1. The second-order valence-corrected chi connectivity index (χ2v) is 7.36. The minimum Gasteiger partial charge on any atom is -0.508 e. The maximum Gasteiger partial charge on any atom is 0.292 e. The van der Waals surface area contributed by atoms with Gasteiger partial charge in [-0.3, -0.25) is 4.79 Å². The Bertz CT molecular complexity index is 1030. The van der Waals surface area contributed by atoms with E-state index in [-0.39, 0.29) is 5.75 Å². The van der Waals surface area contributed by atoms with Gasteiger partial charge in [-0.25, -0.2) is 0 Å². The van der Waals surface area contributed by atoms with Gasteiger partial charge in [0.25, 0.3) is 6.47 Å². The highest BCUT2D eigenvalue weighted by atomic mass is 16.5. The van der Waals surface area contributed by atoms with Gasteiger partial charge in [0, 0.05) is 30.2 Å². The number of rotatable bonds is 4. The molecule has 1 fully saturated rings. The number of nitriles is 1. The number of carbonyl (C=O) groups excluding carboxylic acids is 1. The third-order valence-electron chi connectivity index (χ3n) is 5.08. The van der Waals surface area contributed by atoms with E-state index in [1.165, 1.54) is 20.0 Å². The summed E-state index contributed by atoms with van der Waals surface area (Å²) in [7, 11) is 3.21. The van der Waals surface area contributed by atoms with Gasteiger partial charge in [-0.1, -0.05) is 32.4 Å². The summed E-state index contributed by atoms with van der Waals surface area (Å²) in [5.41, 5.74) is 4.68. The molecule has 164 valence electrons. The highest BCUT2D eigenvalue weighted by molar-refractivity contribution is 5.95. The molecular formula is C25H31N3O3. The first-order valence-corrected chi connectivity index (χ1v) is 10.6. The van der Waals surface area contributed by atoms with Crippen LogP contribution >= 0.6 is 0 Å². The van der Waals surface area contributed by atoms with Crippen molar-refractivity contribution < 1.29 is 14.6 Å². The molecular weight excluding hydrogens is 390 g/mol. The van der Waals surface area contributed by atoms with Gasteiger partial charge in [-0.2, -0.15) is 5.26 Å². The van der Waals surface area contributed by atoms with E-state index < -0.39 is 0 Å². The molecule has 3 aromatic rings. The lowest BCUT2D eigenvalue weighted by Gasteiger charge is -2.30. The average Bonchev–Trinajstić information content (AvgIpc) is 3.06. The van der Waals surface area contributed by atoms with Gasteiger partial charge < -0.3 is 19.7 Å². The lowest BCUT2D eigenvalue weighted by molar-refractivity contribution is -0.126. The Labute approximate surface area is 184 Å². The van der Waals surface area contributed by atoms with Crippen molar-refractivity contribution in [2.45, 2.75) is 45.6 Å². The molecule has 0 saturated heterocycles. The maximum absolute atomic E-state index is 9.93. The number of nitrogens with zero attached hydrogens (tertiary/aromatic N) is 2. The van der Waals surface area contributed by atoms with Crippen molar-refractivity contribution in [3.8, 4) is 23.1 Å². The van der Waals surface area contributed by atoms with Gasteiger partial charge in [-0.15, -0.1) is 0 Å². The summed E-state index contributed by atoms with van der Waals surface area (Å²) in [6, 6.07) is 16.2. The first-order chi connectivity index (χ1) is 15.1. The number of aromatic nitrogens is 1. The van der Waals surface area contributed by atoms with Crippen LogP contribution in [0.5, 0.6) is 5.75 Å². The highest BCUT2D eigenvalue weighted by Crippen LogP contribution is 2.43. The van der Waals surface area contributed by atoms with Crippen LogP contribution in [0, 0.1) is 11.3 Å². The Morgan fingerprint density at radius 1 is 1.23 bits per heavy atom. The fourth-order valence-corrected chi connectivity index (χ4v) is 3.51. The molecule has 1 aliphatic rings. The van der Waals surface area contributed by atoms with E-state index in [0.717, 1.165) is 40.7 Å². The molecule has 1 saturated carbocycles. The molecule has 1 heterocycles. The topological polar surface area (TPSA) is 87.3 Å². The average molecular weight is 422 g/mol. The number of phenolic OH excluding ortho intramolecular Hbond substituents is 1. The number of ether oxygens (including phenoxy) is 1. The van der Waals surface area contributed by atoms with Gasteiger partial charge in [0.1, 0.15) is 11.8 Å². The second kappa shape index (κ2) is 11.7. The third kappa shape index (κ3) is 5.37. The monoisotopic (exact) mass is 421 g/mol. The first-order valence-electron chi connectivity index (χ1n) is 10.6. The predicted molar refractivity (Wildman–Crippen MR) is 125 cm³/mol. The van der Waals surface area contributed by atoms with Crippen molar-refractivity contribution in [3.63, 3.8) is 0 Å². The molecule has 0 unspecified atom stereocenters. The van der Waals surface area contributed by atoms with Gasteiger partial charge in [-0.05, 0) is 49.1 Å². The zero-order valence-electron chi connectivity index (χ0n) is 18.7. The highest BCUT2D eigenvalue weighted by Gasteiger charge is 2.27. The summed E-state index contributed by atoms with van der Waals surface area (Å²) in [6.45, 7) is 4.62. The van der Waals surface area contributed by atoms with Crippen molar-refractivity contribution in [3.05, 3.63) is 48.0 Å². The van der Waals surface area contributed by atoms with E-state index in [9.17, 15) is 10.4 Å². The Hall–Kier alpha value is -3.46. The predicted octanol–water partition coefficient (Wildman–Crippen LogP) is 5.86. The first kappa shape index (κ1) is 23.8. The zero-order valence-corrected chi connectivity index (χ0v) is 18.7. The van der Waals surface area contributed by atoms with Crippen LogP contribution in [0.3, 0.4) is 0 Å². The summed E-state index contributed by atoms with van der Waals surface area (Å²) in [5, 5.41) is 23.8. The van der Waals surface area contributed by atoms with Gasteiger partial charge >= 0.3 is 0 Å². The minimum atomic E-state index is 0.238. The van der Waals surface area contributed by atoms with Crippen LogP contribution in [0.15, 0.2) is 42.5 Å². The molecule has 2 aromatic carbocycles. The van der Waals surface area contributed by atoms with E-state index in [4.69, 9.17) is 4.79 Å². The molecule has 0 aliphatic heterocycles. The smallest absolute Gasteiger partial charge is 0.292 e. The SMILES string of the molecule is CCC.CNc1ccc(-c2c(C#N)c3ccc(O)cc3n2C2CCC2)cc1.COC=O. The normalized spacial score (nSPS) is 12.4. The molecule has 1 aliphatic carbocycles. The molecule has 6 heteroatoms. The third-order valence-corrected chi connectivity index (χ3v) is 5.08. The molecule has 0 spiro atoms. The van der Waals surface area contributed by atoms with Crippen molar-refractivity contribution in [2.75, 3.05) is 19.5 Å². The standard InChI is InChI=1S/C20H19N3O.C3H8.C2H4O2/c1-22-14-7-5-13(6-8-14)20-18(12-21)17-10-9-16(24)11-19(17)23(20)15-3-2-4-15;1-3-2;1-4-2-3/h5-11,15,22,24H,2-4H2,1H3;3H2,1-2H3;2H,1H3. The molecule has 4 rings (SSSR count). The van der Waals surface area contributed by atoms with Crippen LogP contribution in [0.2, 0.25) is 0 Å². The van der Waals surface area contributed by atoms with Crippen molar-refractivity contribution >= 4 is 23.1 Å². The Morgan fingerprint density at radius 2 is 1.84 bits per heavy atom. The summed E-state index contributed by atoms with van der Waals surface area (Å²) >= 11 is 0. The van der Waals surface area contributed by atoms with Crippen LogP contribution in [0.1, 0.15) is 51.1 Å². The second-order valence-electron chi connectivity index (χ2n) is 7.36. The number of aromatic hydroxyl groups is 1. The number of hydrogen-bond donors (Lipinski definition) is 2. The van der Waals surface area contributed by atoms with E-state index in [2.05, 4.69) is 46.7 Å². The molecule has 0 radical (unpaired) electrons. The Kier molecular flexibility index (Phi) is 8.95. The number of carbonyl (C=O) groups is 1. The lowest BCUT2D eigenvalue weighted by Crippen LogP contribution is -2.17. The van der Waals surface area contributed by atoms with Crippen LogP contribution in [-0.2, 0) is 9.53 Å². The molecule has 0 amide bonds. The van der Waals surface area contributed by atoms with Crippen LogP contribution < -0.4 is 5.32 Å². The minimum absolute atomic E-state index is 0.238. The van der Waals surface area contributed by atoms with Crippen molar-refractivity contribution in [2.24, 2.45) is 0 Å². The number of anilines is 1. The van der Waals surface area contributed by atoms with Crippen LogP contribution in [0.25, 0.3) is 22.2 Å². The number of hydrogen-bond acceptors (Lipinski definition) is 5. The summed E-state index contributed by atoms with van der Waals surface area (Å²) in [4.78, 5) is 8.95. The molecule has 6 nitrogen and oxygen atoms in total. The summed E-state index contributed by atoms with van der Waals surface area (Å²) in [5.74, 6) is 0.238. The van der Waals surface area contributed by atoms with Gasteiger partial charge in [0.05, 0.1) is 23.9 Å². The van der Waals surface area contributed by atoms with E-state index in [0.29, 0.717) is 18.1 Å². The Morgan fingerprint density at radius 3 is 2.29 bits per heavy atom. The summed E-state index contributed by atoms with van der Waals surface area (Å²) < 4.78 is 6.12. The van der Waals surface area contributed by atoms with Gasteiger partial charge in [0.15, 0.2) is 0 Å². The van der Waals surface area contributed by atoms with Gasteiger partial charge in [0.2, 0.25) is 0 Å². The number of methoxy groups -OCH3 is 1. The molecule has 31 heavy (non-hydrogen) atoms. The quantitative estimate of drug-likeness (QED) is 0.515. The largest absolute Gasteiger partial charge is 0.508 e. The van der Waals surface area contributed by atoms with Crippen molar-refractivity contribution in [1.29, 1.82) is 5.26 Å². The number of phenols is 1. The molecule has 2 N–H and O–H groups in total. The van der Waals surface area contributed by atoms with E-state index >= 15 is 0 Å². The van der Waals surface area contributed by atoms with E-state index in [1.807, 2.05) is 25.2 Å². The Balaban J connectivity index is 0.000000431. The zero-order chi connectivity index (χ0) is 22.8.